The van der Waals surface area contributed by atoms with Gasteiger partial charge in [-0.2, -0.15) is 0 Å². The van der Waals surface area contributed by atoms with Crippen LogP contribution in [0.2, 0.25) is 0 Å². The molecule has 1 aliphatic rings. The minimum Gasteiger partial charge on any atom is -0.325 e. The first-order valence-corrected chi connectivity index (χ1v) is 9.59. The maximum absolute atomic E-state index is 12.5. The number of anilines is 1. The van der Waals surface area contributed by atoms with Crippen molar-refractivity contribution in [2.24, 2.45) is 0 Å². The summed E-state index contributed by atoms with van der Waals surface area (Å²) in [7, 11) is 0. The van der Waals surface area contributed by atoms with Crippen molar-refractivity contribution in [3.8, 4) is 0 Å². The van der Waals surface area contributed by atoms with Gasteiger partial charge in [-0.1, -0.05) is 54.1 Å². The highest BCUT2D eigenvalue weighted by Gasteiger charge is 2.36. The van der Waals surface area contributed by atoms with Gasteiger partial charge in [-0.3, -0.25) is 19.3 Å². The predicted molar refractivity (Wildman–Crippen MR) is 113 cm³/mol. The van der Waals surface area contributed by atoms with Gasteiger partial charge >= 0.3 is 0 Å². The number of allylic oxidation sites excluding steroid dienone is 2. The molecule has 0 spiro atoms. The Morgan fingerprint density at radius 2 is 1.75 bits per heavy atom. The van der Waals surface area contributed by atoms with Gasteiger partial charge < -0.3 is 5.32 Å². The van der Waals surface area contributed by atoms with E-state index in [0.29, 0.717) is 10.6 Å². The SMILES string of the molecule is CC(=Cc1ccccc1)C=C1SC(=O)N(CC(=O)Nc2ccc(C)cc2)C1=O. The third-order valence-corrected chi connectivity index (χ3v) is 4.97. The highest BCUT2D eigenvalue weighted by Crippen LogP contribution is 2.31. The number of amides is 3. The highest BCUT2D eigenvalue weighted by molar-refractivity contribution is 8.18. The van der Waals surface area contributed by atoms with Crippen molar-refractivity contribution in [3.05, 3.63) is 82.3 Å². The number of rotatable bonds is 5. The second kappa shape index (κ2) is 8.71. The standard InChI is InChI=1S/C22H20N2O3S/c1-15-8-10-18(11-9-15)23-20(25)14-24-21(26)19(28-22(24)27)13-16(2)12-17-6-4-3-5-7-17/h3-13H,14H2,1-2H3,(H,23,25). The van der Waals surface area contributed by atoms with E-state index >= 15 is 0 Å². The highest BCUT2D eigenvalue weighted by atomic mass is 32.2. The number of imide groups is 1. The van der Waals surface area contributed by atoms with Crippen LogP contribution in [0.4, 0.5) is 10.5 Å². The Labute approximate surface area is 168 Å². The predicted octanol–water partition coefficient (Wildman–Crippen LogP) is 4.62. The van der Waals surface area contributed by atoms with E-state index in [1.54, 1.807) is 18.2 Å². The zero-order valence-corrected chi connectivity index (χ0v) is 16.5. The molecular formula is C22H20N2O3S. The second-order valence-corrected chi connectivity index (χ2v) is 7.47. The molecule has 3 rings (SSSR count). The van der Waals surface area contributed by atoms with E-state index < -0.39 is 17.1 Å². The van der Waals surface area contributed by atoms with Gasteiger partial charge in [-0.25, -0.2) is 0 Å². The van der Waals surface area contributed by atoms with Crippen molar-refractivity contribution in [1.29, 1.82) is 0 Å². The van der Waals surface area contributed by atoms with Crippen molar-refractivity contribution in [1.82, 2.24) is 4.90 Å². The normalized spacial score (nSPS) is 16.0. The largest absolute Gasteiger partial charge is 0.325 e. The Morgan fingerprint density at radius 3 is 2.43 bits per heavy atom. The molecule has 142 valence electrons. The lowest BCUT2D eigenvalue weighted by atomic mass is 10.1. The molecule has 0 aliphatic carbocycles. The smallest absolute Gasteiger partial charge is 0.294 e. The van der Waals surface area contributed by atoms with Crippen LogP contribution in [0.25, 0.3) is 6.08 Å². The summed E-state index contributed by atoms with van der Waals surface area (Å²) in [5, 5.41) is 2.26. The molecule has 28 heavy (non-hydrogen) atoms. The Hall–Kier alpha value is -3.12. The molecule has 1 heterocycles. The third-order valence-electron chi connectivity index (χ3n) is 4.06. The van der Waals surface area contributed by atoms with E-state index in [0.717, 1.165) is 33.4 Å². The van der Waals surface area contributed by atoms with Gasteiger partial charge in [0.05, 0.1) is 4.91 Å². The molecule has 2 aromatic carbocycles. The Bertz CT molecular complexity index is 963. The number of aryl methyl sites for hydroxylation is 1. The Morgan fingerprint density at radius 1 is 1.07 bits per heavy atom. The van der Waals surface area contributed by atoms with Crippen LogP contribution in [-0.4, -0.2) is 28.5 Å². The molecular weight excluding hydrogens is 372 g/mol. The quantitative estimate of drug-likeness (QED) is 0.754. The fourth-order valence-electron chi connectivity index (χ4n) is 2.68. The average molecular weight is 392 g/mol. The number of nitrogens with one attached hydrogen (secondary N) is 1. The van der Waals surface area contributed by atoms with Crippen LogP contribution >= 0.6 is 11.8 Å². The number of carbonyl (C=O) groups is 3. The summed E-state index contributed by atoms with van der Waals surface area (Å²) in [6.45, 7) is 3.51. The molecule has 2 aromatic rings. The third kappa shape index (κ3) is 4.98. The molecule has 1 fully saturated rings. The number of carbonyl (C=O) groups excluding carboxylic acids is 3. The summed E-state index contributed by atoms with van der Waals surface area (Å²) >= 11 is 0.849. The van der Waals surface area contributed by atoms with E-state index in [1.165, 1.54) is 0 Å². The molecule has 6 heteroatoms. The van der Waals surface area contributed by atoms with Crippen molar-refractivity contribution >= 4 is 40.6 Å². The summed E-state index contributed by atoms with van der Waals surface area (Å²) in [5.74, 6) is -0.862. The lowest BCUT2D eigenvalue weighted by Crippen LogP contribution is -2.36. The number of hydrogen-bond acceptors (Lipinski definition) is 4. The van der Waals surface area contributed by atoms with Crippen LogP contribution in [0.3, 0.4) is 0 Å². The van der Waals surface area contributed by atoms with Gasteiger partial charge in [0.2, 0.25) is 5.91 Å². The van der Waals surface area contributed by atoms with Crippen molar-refractivity contribution in [3.63, 3.8) is 0 Å². The molecule has 1 saturated heterocycles. The van der Waals surface area contributed by atoms with Gasteiger partial charge in [0.15, 0.2) is 0 Å². The van der Waals surface area contributed by atoms with Crippen molar-refractivity contribution in [2.75, 3.05) is 11.9 Å². The summed E-state index contributed by atoms with van der Waals surface area (Å²) < 4.78 is 0. The van der Waals surface area contributed by atoms with Crippen molar-refractivity contribution in [2.45, 2.75) is 13.8 Å². The van der Waals surface area contributed by atoms with Gasteiger partial charge in [-0.15, -0.1) is 0 Å². The first kappa shape index (κ1) is 19.6. The van der Waals surface area contributed by atoms with Gasteiger partial charge in [0.1, 0.15) is 6.54 Å². The van der Waals surface area contributed by atoms with E-state index in [-0.39, 0.29) is 6.54 Å². The minimum absolute atomic E-state index is 0.308. The zero-order chi connectivity index (χ0) is 20.1. The van der Waals surface area contributed by atoms with Crippen LogP contribution in [0, 0.1) is 6.92 Å². The van der Waals surface area contributed by atoms with E-state index in [2.05, 4.69) is 5.32 Å². The fraction of sp³-hybridized carbons (Fsp3) is 0.136. The topological polar surface area (TPSA) is 66.5 Å². The minimum atomic E-state index is -0.449. The first-order valence-electron chi connectivity index (χ1n) is 8.77. The average Bonchev–Trinajstić information content (AvgIpc) is 2.91. The van der Waals surface area contributed by atoms with E-state index in [9.17, 15) is 14.4 Å². The first-order chi connectivity index (χ1) is 13.4. The number of hydrogen-bond donors (Lipinski definition) is 1. The van der Waals surface area contributed by atoms with Gasteiger partial charge in [-0.05, 0) is 55.0 Å². The Balaban J connectivity index is 1.66. The number of benzene rings is 2. The molecule has 1 N–H and O–H groups in total. The summed E-state index contributed by atoms with van der Waals surface area (Å²) in [6, 6.07) is 17.0. The van der Waals surface area contributed by atoms with Gasteiger partial charge in [0, 0.05) is 5.69 Å². The molecule has 5 nitrogen and oxygen atoms in total. The molecule has 0 radical (unpaired) electrons. The monoisotopic (exact) mass is 392 g/mol. The summed E-state index contributed by atoms with van der Waals surface area (Å²) in [6.07, 6.45) is 3.61. The molecule has 0 saturated carbocycles. The maximum Gasteiger partial charge on any atom is 0.294 e. The van der Waals surface area contributed by atoms with E-state index in [4.69, 9.17) is 0 Å². The number of nitrogens with zero attached hydrogens (tertiary/aromatic N) is 1. The molecule has 0 unspecified atom stereocenters. The van der Waals surface area contributed by atoms with Crippen LogP contribution in [0.1, 0.15) is 18.1 Å². The zero-order valence-electron chi connectivity index (χ0n) is 15.6. The molecule has 0 aromatic heterocycles. The second-order valence-electron chi connectivity index (χ2n) is 6.48. The molecule has 0 bridgehead atoms. The van der Waals surface area contributed by atoms with Crippen molar-refractivity contribution < 1.29 is 14.4 Å². The lowest BCUT2D eigenvalue weighted by molar-refractivity contribution is -0.127. The van der Waals surface area contributed by atoms with Gasteiger partial charge in [0.25, 0.3) is 11.1 Å². The molecule has 1 aliphatic heterocycles. The lowest BCUT2D eigenvalue weighted by Gasteiger charge is -2.12. The maximum atomic E-state index is 12.5. The van der Waals surface area contributed by atoms with Crippen LogP contribution < -0.4 is 5.32 Å². The summed E-state index contributed by atoms with van der Waals surface area (Å²) in [5.41, 5.74) is 3.56. The van der Waals surface area contributed by atoms with Crippen LogP contribution in [0.5, 0.6) is 0 Å². The molecule has 0 atom stereocenters. The van der Waals surface area contributed by atoms with Crippen LogP contribution in [-0.2, 0) is 9.59 Å². The summed E-state index contributed by atoms with van der Waals surface area (Å²) in [4.78, 5) is 38.2. The van der Waals surface area contributed by atoms with Crippen LogP contribution in [0.15, 0.2) is 71.2 Å². The van der Waals surface area contributed by atoms with E-state index in [1.807, 2.05) is 62.4 Å². The number of thioether (sulfide) groups is 1. The molecule has 3 amide bonds. The Kier molecular flexibility index (Phi) is 6.11. The fourth-order valence-corrected chi connectivity index (χ4v) is 3.57.